The third-order valence-corrected chi connectivity index (χ3v) is 8.16. The van der Waals surface area contributed by atoms with Gasteiger partial charge in [-0.2, -0.15) is 0 Å². The highest BCUT2D eigenvalue weighted by Gasteiger charge is 2.42. The number of amides is 1. The van der Waals surface area contributed by atoms with E-state index in [0.29, 0.717) is 39.0 Å². The molecule has 1 aromatic heterocycles. The number of likely N-dealkylation sites (tertiary alicyclic amines) is 1. The lowest BCUT2D eigenvalue weighted by molar-refractivity contribution is -0.165. The van der Waals surface area contributed by atoms with Gasteiger partial charge >= 0.3 is 5.97 Å². The fourth-order valence-corrected chi connectivity index (χ4v) is 5.61. The van der Waals surface area contributed by atoms with E-state index in [1.165, 1.54) is 0 Å². The number of carbonyl (C=O) groups is 2. The number of rotatable bonds is 6. The second kappa shape index (κ2) is 14.6. The molecule has 3 heterocycles. The maximum absolute atomic E-state index is 13.3. The van der Waals surface area contributed by atoms with Crippen molar-refractivity contribution in [3.63, 3.8) is 0 Å². The summed E-state index contributed by atoms with van der Waals surface area (Å²) in [5.74, 6) is 0.455. The van der Waals surface area contributed by atoms with Gasteiger partial charge in [0.25, 0.3) is 0 Å². The molecule has 0 saturated carbocycles. The summed E-state index contributed by atoms with van der Waals surface area (Å²) in [6, 6.07) is 13.4. The minimum Gasteiger partial charge on any atom is -0.494 e. The molecule has 218 valence electrons. The van der Waals surface area contributed by atoms with Crippen molar-refractivity contribution in [1.29, 1.82) is 0 Å². The zero-order chi connectivity index (χ0) is 28.4. The van der Waals surface area contributed by atoms with E-state index < -0.39 is 17.6 Å². The summed E-state index contributed by atoms with van der Waals surface area (Å²) < 4.78 is 11.1. The van der Waals surface area contributed by atoms with Crippen LogP contribution in [0, 0.1) is 5.41 Å². The number of cyclic esters (lactones) is 1. The second-order valence-corrected chi connectivity index (χ2v) is 11.0. The minimum atomic E-state index is -1.20. The number of aliphatic hydroxyl groups is 2. The van der Waals surface area contributed by atoms with E-state index in [0.717, 1.165) is 49.5 Å². The van der Waals surface area contributed by atoms with Crippen molar-refractivity contribution in [2.24, 2.45) is 5.41 Å². The molecular formula is C31H43N3O6. The first-order chi connectivity index (χ1) is 19.4. The Balaban J connectivity index is 1.38. The lowest BCUT2D eigenvalue weighted by Gasteiger charge is -2.40. The van der Waals surface area contributed by atoms with E-state index in [1.807, 2.05) is 49.4 Å². The van der Waals surface area contributed by atoms with Gasteiger partial charge in [-0.05, 0) is 81.9 Å². The molecule has 1 amide bonds. The number of pyridine rings is 1. The fraction of sp³-hybridized carbons (Fsp3) is 0.581. The van der Waals surface area contributed by atoms with Gasteiger partial charge in [0.1, 0.15) is 18.5 Å². The molecule has 9 nitrogen and oxygen atoms in total. The predicted molar refractivity (Wildman–Crippen MR) is 151 cm³/mol. The van der Waals surface area contributed by atoms with Crippen LogP contribution in [-0.4, -0.2) is 88.5 Å². The number of carbonyl (C=O) groups excluding carboxylic acids is 2. The van der Waals surface area contributed by atoms with Crippen molar-refractivity contribution in [2.45, 2.75) is 70.6 Å². The first kappa shape index (κ1) is 30.0. The normalized spacial score (nSPS) is 23.0. The van der Waals surface area contributed by atoms with Gasteiger partial charge in [-0.25, -0.2) is 0 Å². The number of hydrogen-bond acceptors (Lipinski definition) is 8. The third kappa shape index (κ3) is 8.25. The minimum absolute atomic E-state index is 0.0226. The van der Waals surface area contributed by atoms with Gasteiger partial charge in [-0.15, -0.1) is 0 Å². The third-order valence-electron chi connectivity index (χ3n) is 8.16. The highest BCUT2D eigenvalue weighted by Crippen LogP contribution is 2.38. The first-order valence-corrected chi connectivity index (χ1v) is 14.5. The zero-order valence-electron chi connectivity index (χ0n) is 23.5. The highest BCUT2D eigenvalue weighted by atomic mass is 16.5. The summed E-state index contributed by atoms with van der Waals surface area (Å²) in [6.07, 6.45) is 3.49. The van der Waals surface area contributed by atoms with Crippen LogP contribution in [0.1, 0.15) is 56.7 Å². The summed E-state index contributed by atoms with van der Waals surface area (Å²) in [4.78, 5) is 35.1. The molecule has 0 unspecified atom stereocenters. The van der Waals surface area contributed by atoms with Crippen LogP contribution < -0.4 is 4.74 Å². The number of aromatic nitrogens is 1. The number of piperidine rings is 1. The van der Waals surface area contributed by atoms with Gasteiger partial charge in [-0.3, -0.25) is 19.5 Å². The second-order valence-electron chi connectivity index (χ2n) is 11.0. The van der Waals surface area contributed by atoms with E-state index in [1.54, 1.807) is 11.1 Å². The SMILES string of the molecule is CCOc1ccc(CC(=O)N2CCCCC3(CCN(Cc4ccccn4)CC3)C(=O)OC[C@@H](O)[C@@H](O)CC2)cc1. The number of esters is 1. The number of nitrogens with zero attached hydrogens (tertiary/aromatic N) is 3. The maximum Gasteiger partial charge on any atom is 0.312 e. The summed E-state index contributed by atoms with van der Waals surface area (Å²) in [5, 5.41) is 21.1. The Morgan fingerprint density at radius 3 is 2.50 bits per heavy atom. The van der Waals surface area contributed by atoms with E-state index in [4.69, 9.17) is 9.47 Å². The van der Waals surface area contributed by atoms with Crippen LogP contribution in [0.2, 0.25) is 0 Å². The molecule has 2 saturated heterocycles. The van der Waals surface area contributed by atoms with E-state index in [-0.39, 0.29) is 31.3 Å². The average Bonchev–Trinajstić information content (AvgIpc) is 2.98. The summed E-state index contributed by atoms with van der Waals surface area (Å²) in [7, 11) is 0. The van der Waals surface area contributed by atoms with E-state index >= 15 is 0 Å². The Morgan fingerprint density at radius 1 is 1.02 bits per heavy atom. The van der Waals surface area contributed by atoms with Crippen LogP contribution in [0.25, 0.3) is 0 Å². The molecule has 2 fully saturated rings. The molecule has 0 aliphatic carbocycles. The standard InChI is InChI=1S/C31H43N3O6/c1-2-39-26-10-8-24(9-11-26)21-29(37)34-17-6-4-13-31(30(38)40-23-28(36)27(35)12-18-34)14-19-33(20-15-31)22-25-7-3-5-16-32-25/h3,5,7-11,16,27-28,35-36H,2,4,6,12-15,17-23H2,1H3/t27-,28+/m0/s1. The molecule has 4 rings (SSSR count). The van der Waals surface area contributed by atoms with Gasteiger partial charge in [0.05, 0.1) is 30.2 Å². The summed E-state index contributed by atoms with van der Waals surface area (Å²) in [6.45, 7) is 5.37. The van der Waals surface area contributed by atoms with Crippen molar-refractivity contribution >= 4 is 11.9 Å². The topological polar surface area (TPSA) is 112 Å². The molecule has 0 bridgehead atoms. The molecule has 1 spiro atoms. The van der Waals surface area contributed by atoms with Crippen LogP contribution in [0.5, 0.6) is 5.75 Å². The van der Waals surface area contributed by atoms with Crippen LogP contribution in [-0.2, 0) is 27.3 Å². The highest BCUT2D eigenvalue weighted by molar-refractivity contribution is 5.79. The van der Waals surface area contributed by atoms with Crippen LogP contribution >= 0.6 is 0 Å². The Hall–Kier alpha value is -3.01. The summed E-state index contributed by atoms with van der Waals surface area (Å²) >= 11 is 0. The molecule has 2 aliphatic heterocycles. The van der Waals surface area contributed by atoms with Crippen LogP contribution in [0.4, 0.5) is 0 Å². The molecule has 2 N–H and O–H groups in total. The van der Waals surface area contributed by atoms with Crippen LogP contribution in [0.15, 0.2) is 48.7 Å². The molecule has 0 radical (unpaired) electrons. The van der Waals surface area contributed by atoms with Crippen molar-refractivity contribution < 1.29 is 29.3 Å². The average molecular weight is 554 g/mol. The molecule has 2 aromatic rings. The predicted octanol–water partition coefficient (Wildman–Crippen LogP) is 2.97. The monoisotopic (exact) mass is 553 g/mol. The molecule has 9 heteroatoms. The Morgan fingerprint density at radius 2 is 1.80 bits per heavy atom. The number of hydrogen-bond donors (Lipinski definition) is 2. The molecule has 1 aromatic carbocycles. The van der Waals surface area contributed by atoms with E-state index in [9.17, 15) is 19.8 Å². The van der Waals surface area contributed by atoms with Crippen molar-refractivity contribution in [1.82, 2.24) is 14.8 Å². The maximum atomic E-state index is 13.3. The number of ether oxygens (including phenoxy) is 2. The van der Waals surface area contributed by atoms with Gasteiger partial charge in [0, 0.05) is 25.8 Å². The molecule has 2 aliphatic rings. The molecule has 40 heavy (non-hydrogen) atoms. The van der Waals surface area contributed by atoms with E-state index in [2.05, 4.69) is 9.88 Å². The fourth-order valence-electron chi connectivity index (χ4n) is 5.61. The Labute approximate surface area is 237 Å². The summed E-state index contributed by atoms with van der Waals surface area (Å²) in [5.41, 5.74) is 1.27. The van der Waals surface area contributed by atoms with Gasteiger partial charge in [-0.1, -0.05) is 24.6 Å². The lowest BCUT2D eigenvalue weighted by atomic mass is 9.74. The largest absolute Gasteiger partial charge is 0.494 e. The number of aliphatic hydroxyl groups excluding tert-OH is 2. The van der Waals surface area contributed by atoms with Gasteiger partial charge in [0.15, 0.2) is 0 Å². The lowest BCUT2D eigenvalue weighted by Crippen LogP contribution is -2.46. The zero-order valence-corrected chi connectivity index (χ0v) is 23.5. The van der Waals surface area contributed by atoms with Crippen molar-refractivity contribution in [3.05, 3.63) is 59.9 Å². The first-order valence-electron chi connectivity index (χ1n) is 14.5. The van der Waals surface area contributed by atoms with Crippen molar-refractivity contribution in [3.8, 4) is 5.75 Å². The van der Waals surface area contributed by atoms with Gasteiger partial charge < -0.3 is 24.6 Å². The smallest absolute Gasteiger partial charge is 0.312 e. The number of benzene rings is 1. The quantitative estimate of drug-likeness (QED) is 0.525. The molecular weight excluding hydrogens is 510 g/mol. The Kier molecular flexibility index (Phi) is 10.9. The van der Waals surface area contributed by atoms with Crippen molar-refractivity contribution in [2.75, 3.05) is 39.4 Å². The van der Waals surface area contributed by atoms with Crippen LogP contribution in [0.3, 0.4) is 0 Å². The van der Waals surface area contributed by atoms with Gasteiger partial charge in [0.2, 0.25) is 5.91 Å². The Bertz CT molecular complexity index is 1070. The molecule has 2 atom stereocenters.